The Morgan fingerprint density at radius 1 is 0.286 bits per heavy atom. The highest BCUT2D eigenvalue weighted by Crippen LogP contribution is 2.51. The molecule has 0 saturated heterocycles. The van der Waals surface area contributed by atoms with Gasteiger partial charge < -0.3 is 24.5 Å². The standard InChI is InChI=1S/C78H66BN5/c1-77(2,3)56-39-43-63(44-40-56)83-72-51-65(80(58-27-12-7-13-28-58)59-29-14-8-15-30-59)47-49-69(72)79-70-50-48-66(81(60-31-16-9-17-32-60)61-33-18-10-19-34-61)52-73(70)84(64-45-41-57(42-46-64)78(4,5)6)75-54-67(53-74(83)76(75)79)82(62-35-20-11-21-36-62)71-38-24-26-55-25-22-23-37-68(55)71/h7-54H,1-6H3. The summed E-state index contributed by atoms with van der Waals surface area (Å²) < 4.78 is 0. The van der Waals surface area contributed by atoms with E-state index in [0.717, 1.165) is 85.3 Å². The van der Waals surface area contributed by atoms with E-state index < -0.39 is 0 Å². The molecule has 14 rings (SSSR count). The van der Waals surface area contributed by atoms with Crippen LogP contribution in [0.25, 0.3) is 10.8 Å². The fraction of sp³-hybridized carbons (Fsp3) is 0.103. The van der Waals surface area contributed by atoms with E-state index in [1.54, 1.807) is 0 Å². The van der Waals surface area contributed by atoms with Crippen molar-refractivity contribution in [2.45, 2.75) is 52.4 Å². The Bertz CT molecular complexity index is 4030. The first-order valence-electron chi connectivity index (χ1n) is 29.4. The fourth-order valence-electron chi connectivity index (χ4n) is 12.7. The average molecular weight is 1080 g/mol. The van der Waals surface area contributed by atoms with Crippen LogP contribution in [0.4, 0.5) is 85.3 Å². The molecular formula is C78H66BN5. The van der Waals surface area contributed by atoms with Crippen molar-refractivity contribution < 1.29 is 0 Å². The molecule has 0 N–H and O–H groups in total. The molecule has 2 heterocycles. The Balaban J connectivity index is 1.11. The molecular weight excluding hydrogens is 1020 g/mol. The van der Waals surface area contributed by atoms with Gasteiger partial charge in [-0.25, -0.2) is 0 Å². The van der Waals surface area contributed by atoms with Crippen molar-refractivity contribution in [3.05, 3.63) is 302 Å². The van der Waals surface area contributed by atoms with Crippen LogP contribution in [0.1, 0.15) is 52.7 Å². The van der Waals surface area contributed by atoms with E-state index in [1.165, 1.54) is 38.3 Å². The van der Waals surface area contributed by atoms with Crippen molar-refractivity contribution in [2.75, 3.05) is 24.5 Å². The molecule has 406 valence electrons. The van der Waals surface area contributed by atoms with E-state index in [9.17, 15) is 0 Å². The first-order valence-corrected chi connectivity index (χ1v) is 29.4. The highest BCUT2D eigenvalue weighted by atomic mass is 15.2. The van der Waals surface area contributed by atoms with Gasteiger partial charge in [-0.05, 0) is 171 Å². The number of benzene rings is 12. The molecule has 0 spiro atoms. The van der Waals surface area contributed by atoms with Crippen molar-refractivity contribution >= 4 is 119 Å². The van der Waals surface area contributed by atoms with Gasteiger partial charge in [0.2, 0.25) is 0 Å². The number of hydrogen-bond acceptors (Lipinski definition) is 5. The highest BCUT2D eigenvalue weighted by molar-refractivity contribution is 7.00. The van der Waals surface area contributed by atoms with E-state index in [4.69, 9.17) is 0 Å². The second-order valence-electron chi connectivity index (χ2n) is 24.3. The predicted octanol–water partition coefficient (Wildman–Crippen LogP) is 19.9. The zero-order valence-electron chi connectivity index (χ0n) is 48.5. The Hall–Kier alpha value is -10.0. The predicted molar refractivity (Wildman–Crippen MR) is 359 cm³/mol. The summed E-state index contributed by atoms with van der Waals surface area (Å²) in [4.78, 5) is 12.4. The molecule has 5 nitrogen and oxygen atoms in total. The first kappa shape index (κ1) is 52.1. The maximum atomic E-state index is 2.57. The van der Waals surface area contributed by atoms with Gasteiger partial charge in [0, 0.05) is 79.3 Å². The molecule has 0 aromatic heterocycles. The molecule has 0 saturated carbocycles. The molecule has 0 amide bonds. The zero-order valence-corrected chi connectivity index (χ0v) is 48.5. The summed E-state index contributed by atoms with van der Waals surface area (Å²) in [5.74, 6) is 0. The van der Waals surface area contributed by atoms with Crippen LogP contribution in [0.5, 0.6) is 0 Å². The summed E-state index contributed by atoms with van der Waals surface area (Å²) in [6, 6.07) is 108. The Kier molecular flexibility index (Phi) is 13.1. The molecule has 0 bridgehead atoms. The van der Waals surface area contributed by atoms with Crippen LogP contribution in [0.2, 0.25) is 0 Å². The molecule has 0 fully saturated rings. The zero-order chi connectivity index (χ0) is 57.1. The van der Waals surface area contributed by atoms with Crippen LogP contribution in [0.15, 0.2) is 291 Å². The van der Waals surface area contributed by atoms with Gasteiger partial charge in [-0.15, -0.1) is 0 Å². The number of fused-ring (bicyclic) bond motifs is 5. The summed E-state index contributed by atoms with van der Waals surface area (Å²) in [5, 5.41) is 2.35. The molecule has 2 aliphatic heterocycles. The third kappa shape index (κ3) is 9.34. The third-order valence-corrected chi connectivity index (χ3v) is 16.9. The highest BCUT2D eigenvalue weighted by Gasteiger charge is 2.45. The first-order chi connectivity index (χ1) is 41.0. The van der Waals surface area contributed by atoms with Gasteiger partial charge in [-0.2, -0.15) is 0 Å². The van der Waals surface area contributed by atoms with Crippen molar-refractivity contribution in [3.63, 3.8) is 0 Å². The van der Waals surface area contributed by atoms with Gasteiger partial charge in [-0.1, -0.05) is 205 Å². The smallest absolute Gasteiger partial charge is 0.252 e. The van der Waals surface area contributed by atoms with Gasteiger partial charge >= 0.3 is 0 Å². The van der Waals surface area contributed by atoms with Crippen LogP contribution in [0.3, 0.4) is 0 Å². The average Bonchev–Trinajstić information content (AvgIpc) is 1.16. The monoisotopic (exact) mass is 1080 g/mol. The summed E-state index contributed by atoms with van der Waals surface area (Å²) in [5.41, 5.74) is 22.5. The largest absolute Gasteiger partial charge is 0.311 e. The third-order valence-electron chi connectivity index (χ3n) is 16.9. The van der Waals surface area contributed by atoms with Crippen molar-refractivity contribution in [1.82, 2.24) is 0 Å². The van der Waals surface area contributed by atoms with Crippen LogP contribution >= 0.6 is 0 Å². The van der Waals surface area contributed by atoms with Gasteiger partial charge in [0.15, 0.2) is 0 Å². The van der Waals surface area contributed by atoms with Crippen molar-refractivity contribution in [1.29, 1.82) is 0 Å². The SMILES string of the molecule is CC(C)(C)c1ccc(N2c3cc(N(c4ccccc4)c4ccccc4)ccc3B3c4ccc(N(c5ccccc5)c5ccccc5)cc4N(c4ccc(C(C)(C)C)cc4)c4cc(N(c5ccccc5)c5cccc6ccccc56)cc2c43)cc1. The molecule has 12 aromatic rings. The van der Waals surface area contributed by atoms with Gasteiger partial charge in [-0.3, -0.25) is 0 Å². The molecule has 84 heavy (non-hydrogen) atoms. The van der Waals surface area contributed by atoms with E-state index in [2.05, 4.69) is 357 Å². The minimum Gasteiger partial charge on any atom is -0.311 e. The normalized spacial score (nSPS) is 12.6. The molecule has 2 aliphatic rings. The molecule has 6 heteroatoms. The number of nitrogens with zero attached hydrogens (tertiary/aromatic N) is 5. The Labute approximate surface area is 495 Å². The number of anilines is 15. The lowest BCUT2D eigenvalue weighted by Gasteiger charge is -2.45. The quantitative estimate of drug-likeness (QED) is 0.120. The summed E-state index contributed by atoms with van der Waals surface area (Å²) in [6.45, 7) is 13.6. The van der Waals surface area contributed by atoms with Crippen LogP contribution < -0.4 is 40.9 Å². The lowest BCUT2D eigenvalue weighted by molar-refractivity contribution is 0.590. The fourth-order valence-corrected chi connectivity index (χ4v) is 12.7. The maximum absolute atomic E-state index is 2.57. The van der Waals surface area contributed by atoms with Crippen LogP contribution in [-0.4, -0.2) is 6.71 Å². The topological polar surface area (TPSA) is 16.2 Å². The molecule has 0 aliphatic carbocycles. The molecule has 0 atom stereocenters. The summed E-state index contributed by atoms with van der Waals surface area (Å²) in [6.07, 6.45) is 0. The van der Waals surface area contributed by atoms with Gasteiger partial charge in [0.1, 0.15) is 0 Å². The second kappa shape index (κ2) is 21.1. The summed E-state index contributed by atoms with van der Waals surface area (Å²) >= 11 is 0. The molecule has 0 radical (unpaired) electrons. The van der Waals surface area contributed by atoms with Crippen LogP contribution in [-0.2, 0) is 10.8 Å². The van der Waals surface area contributed by atoms with E-state index >= 15 is 0 Å². The molecule has 12 aromatic carbocycles. The lowest BCUT2D eigenvalue weighted by atomic mass is 9.33. The summed E-state index contributed by atoms with van der Waals surface area (Å²) in [7, 11) is 0. The minimum atomic E-state index is -0.168. The van der Waals surface area contributed by atoms with Crippen molar-refractivity contribution in [3.8, 4) is 0 Å². The number of rotatable bonds is 11. The minimum absolute atomic E-state index is 0.0433. The van der Waals surface area contributed by atoms with Gasteiger partial charge in [0.25, 0.3) is 6.71 Å². The number of para-hydroxylation sites is 5. The maximum Gasteiger partial charge on any atom is 0.252 e. The second-order valence-corrected chi connectivity index (χ2v) is 24.3. The van der Waals surface area contributed by atoms with E-state index in [1.807, 2.05) is 0 Å². The Morgan fingerprint density at radius 3 is 1.02 bits per heavy atom. The van der Waals surface area contributed by atoms with Crippen LogP contribution in [0, 0.1) is 0 Å². The molecule has 0 unspecified atom stereocenters. The van der Waals surface area contributed by atoms with Crippen molar-refractivity contribution in [2.24, 2.45) is 0 Å². The lowest BCUT2D eigenvalue weighted by Crippen LogP contribution is -2.61. The number of hydrogen-bond donors (Lipinski definition) is 0. The van der Waals surface area contributed by atoms with E-state index in [-0.39, 0.29) is 17.5 Å². The Morgan fingerprint density at radius 2 is 0.631 bits per heavy atom. The van der Waals surface area contributed by atoms with E-state index in [0.29, 0.717) is 0 Å². The van der Waals surface area contributed by atoms with Gasteiger partial charge in [0.05, 0.1) is 11.4 Å².